The maximum atomic E-state index is 11.8. The number of rotatable bonds is 4. The van der Waals surface area contributed by atoms with E-state index in [0.29, 0.717) is 30.6 Å². The highest BCUT2D eigenvalue weighted by molar-refractivity contribution is 5.69. The number of aromatic hydroxyl groups is 1. The Morgan fingerprint density at radius 1 is 1.24 bits per heavy atom. The SMILES string of the molecule is CCOC(=O)CC1CCCCC1c1cc(C)c(O)c(C)c1. The molecule has 1 aliphatic rings. The van der Waals surface area contributed by atoms with Crippen molar-refractivity contribution >= 4 is 5.97 Å². The molecule has 1 N–H and O–H groups in total. The van der Waals surface area contributed by atoms with Gasteiger partial charge in [0.15, 0.2) is 0 Å². The molecule has 0 radical (unpaired) electrons. The van der Waals surface area contributed by atoms with Crippen LogP contribution in [0.5, 0.6) is 5.75 Å². The topological polar surface area (TPSA) is 46.5 Å². The van der Waals surface area contributed by atoms with Crippen molar-refractivity contribution in [1.29, 1.82) is 0 Å². The van der Waals surface area contributed by atoms with Crippen molar-refractivity contribution in [1.82, 2.24) is 0 Å². The minimum Gasteiger partial charge on any atom is -0.507 e. The summed E-state index contributed by atoms with van der Waals surface area (Å²) in [6, 6.07) is 4.16. The van der Waals surface area contributed by atoms with Crippen LogP contribution in [0.15, 0.2) is 12.1 Å². The molecule has 116 valence electrons. The highest BCUT2D eigenvalue weighted by Gasteiger charge is 2.29. The molecule has 1 saturated carbocycles. The van der Waals surface area contributed by atoms with Crippen LogP contribution in [0, 0.1) is 19.8 Å². The summed E-state index contributed by atoms with van der Waals surface area (Å²) in [6.07, 6.45) is 5.12. The molecule has 0 amide bonds. The predicted octanol–water partition coefficient (Wildman–Crippen LogP) is 4.24. The minimum absolute atomic E-state index is 0.0818. The second-order valence-electron chi connectivity index (χ2n) is 6.16. The lowest BCUT2D eigenvalue weighted by Gasteiger charge is -2.32. The van der Waals surface area contributed by atoms with E-state index in [9.17, 15) is 9.90 Å². The quantitative estimate of drug-likeness (QED) is 0.844. The molecule has 1 aliphatic carbocycles. The number of benzene rings is 1. The van der Waals surface area contributed by atoms with Gasteiger partial charge in [-0.05, 0) is 62.1 Å². The van der Waals surface area contributed by atoms with E-state index in [1.54, 1.807) is 0 Å². The summed E-state index contributed by atoms with van der Waals surface area (Å²) in [5.74, 6) is 1.07. The number of carbonyl (C=O) groups is 1. The Morgan fingerprint density at radius 2 is 1.86 bits per heavy atom. The molecular weight excluding hydrogens is 264 g/mol. The van der Waals surface area contributed by atoms with Gasteiger partial charge < -0.3 is 9.84 Å². The van der Waals surface area contributed by atoms with Crippen molar-refractivity contribution in [2.45, 2.75) is 58.8 Å². The molecule has 1 fully saturated rings. The van der Waals surface area contributed by atoms with Crippen LogP contribution in [0.25, 0.3) is 0 Å². The summed E-state index contributed by atoms with van der Waals surface area (Å²) in [5, 5.41) is 9.94. The second kappa shape index (κ2) is 6.97. The van der Waals surface area contributed by atoms with Gasteiger partial charge in [0.05, 0.1) is 6.61 Å². The lowest BCUT2D eigenvalue weighted by molar-refractivity contribution is -0.144. The van der Waals surface area contributed by atoms with Crippen LogP contribution in [-0.4, -0.2) is 17.7 Å². The number of esters is 1. The van der Waals surface area contributed by atoms with Gasteiger partial charge in [0.2, 0.25) is 0 Å². The van der Waals surface area contributed by atoms with Crippen LogP contribution in [-0.2, 0) is 9.53 Å². The van der Waals surface area contributed by atoms with Crippen LogP contribution in [0.4, 0.5) is 0 Å². The average molecular weight is 290 g/mol. The Kier molecular flexibility index (Phi) is 5.27. The number of aryl methyl sites for hydroxylation is 2. The van der Waals surface area contributed by atoms with Gasteiger partial charge in [0.25, 0.3) is 0 Å². The highest BCUT2D eigenvalue weighted by Crippen LogP contribution is 2.41. The summed E-state index contributed by atoms with van der Waals surface area (Å²) in [6.45, 7) is 6.18. The van der Waals surface area contributed by atoms with Crippen molar-refractivity contribution in [2.75, 3.05) is 6.61 Å². The molecule has 21 heavy (non-hydrogen) atoms. The van der Waals surface area contributed by atoms with Crippen LogP contribution in [0.3, 0.4) is 0 Å². The molecule has 0 bridgehead atoms. The Hall–Kier alpha value is -1.51. The second-order valence-corrected chi connectivity index (χ2v) is 6.16. The van der Waals surface area contributed by atoms with Gasteiger partial charge in [-0.25, -0.2) is 0 Å². The van der Waals surface area contributed by atoms with E-state index in [-0.39, 0.29) is 5.97 Å². The molecule has 3 heteroatoms. The Morgan fingerprint density at radius 3 is 2.48 bits per heavy atom. The van der Waals surface area contributed by atoms with Gasteiger partial charge in [-0.2, -0.15) is 0 Å². The van der Waals surface area contributed by atoms with Gasteiger partial charge in [0.1, 0.15) is 5.75 Å². The van der Waals surface area contributed by atoms with Gasteiger partial charge >= 0.3 is 5.97 Å². The maximum absolute atomic E-state index is 11.8. The van der Waals surface area contributed by atoms with Gasteiger partial charge in [-0.15, -0.1) is 0 Å². The summed E-state index contributed by atoms with van der Waals surface area (Å²) in [5.41, 5.74) is 3.10. The fourth-order valence-corrected chi connectivity index (χ4v) is 3.53. The van der Waals surface area contributed by atoms with Crippen molar-refractivity contribution in [3.63, 3.8) is 0 Å². The monoisotopic (exact) mass is 290 g/mol. The van der Waals surface area contributed by atoms with E-state index in [0.717, 1.165) is 24.0 Å². The molecule has 0 spiro atoms. The third-order valence-corrected chi connectivity index (χ3v) is 4.58. The maximum Gasteiger partial charge on any atom is 0.306 e. The number of phenolic OH excluding ortho intramolecular Hbond substituents is 1. The van der Waals surface area contributed by atoms with E-state index in [2.05, 4.69) is 12.1 Å². The Balaban J connectivity index is 2.20. The number of hydrogen-bond donors (Lipinski definition) is 1. The summed E-state index contributed by atoms with van der Waals surface area (Å²) in [4.78, 5) is 11.8. The Bertz CT molecular complexity index is 484. The number of phenols is 1. The molecule has 2 rings (SSSR count). The normalized spacial score (nSPS) is 22.0. The van der Waals surface area contributed by atoms with Crippen LogP contribution < -0.4 is 0 Å². The molecule has 2 unspecified atom stereocenters. The lowest BCUT2D eigenvalue weighted by Crippen LogP contribution is -2.22. The zero-order valence-corrected chi connectivity index (χ0v) is 13.3. The smallest absolute Gasteiger partial charge is 0.306 e. The van der Waals surface area contributed by atoms with E-state index < -0.39 is 0 Å². The number of carbonyl (C=O) groups excluding carboxylic acids is 1. The molecule has 1 aromatic rings. The van der Waals surface area contributed by atoms with Crippen LogP contribution in [0.2, 0.25) is 0 Å². The van der Waals surface area contributed by atoms with Gasteiger partial charge in [-0.1, -0.05) is 25.0 Å². The standard InChI is InChI=1S/C18H26O3/c1-4-21-17(19)11-14-7-5-6-8-16(14)15-9-12(2)18(20)13(3)10-15/h9-10,14,16,20H,4-8,11H2,1-3H3. The summed E-state index contributed by atoms with van der Waals surface area (Å²) >= 11 is 0. The highest BCUT2D eigenvalue weighted by atomic mass is 16.5. The fourth-order valence-electron chi connectivity index (χ4n) is 3.53. The first kappa shape index (κ1) is 15.9. The van der Waals surface area contributed by atoms with Gasteiger partial charge in [-0.3, -0.25) is 4.79 Å². The molecule has 0 heterocycles. The van der Waals surface area contributed by atoms with Crippen molar-refractivity contribution in [2.24, 2.45) is 5.92 Å². The number of hydrogen-bond acceptors (Lipinski definition) is 3. The average Bonchev–Trinajstić information content (AvgIpc) is 2.45. The molecule has 0 aliphatic heterocycles. The van der Waals surface area contributed by atoms with Crippen LogP contribution >= 0.6 is 0 Å². The molecule has 0 aromatic heterocycles. The Labute approximate surface area is 127 Å². The zero-order valence-electron chi connectivity index (χ0n) is 13.3. The van der Waals surface area contributed by atoms with E-state index in [1.807, 2.05) is 20.8 Å². The fraction of sp³-hybridized carbons (Fsp3) is 0.611. The summed E-state index contributed by atoms with van der Waals surface area (Å²) in [7, 11) is 0. The third-order valence-electron chi connectivity index (χ3n) is 4.58. The minimum atomic E-state index is -0.0818. The van der Waals surface area contributed by atoms with E-state index >= 15 is 0 Å². The molecule has 2 atom stereocenters. The molecule has 0 saturated heterocycles. The first-order valence-corrected chi connectivity index (χ1v) is 7.98. The molecule has 1 aromatic carbocycles. The largest absolute Gasteiger partial charge is 0.507 e. The summed E-state index contributed by atoms with van der Waals surface area (Å²) < 4.78 is 5.12. The number of ether oxygens (including phenoxy) is 1. The molecular formula is C18H26O3. The van der Waals surface area contributed by atoms with Crippen molar-refractivity contribution in [3.8, 4) is 5.75 Å². The lowest BCUT2D eigenvalue weighted by atomic mass is 9.73. The predicted molar refractivity (Wildman–Crippen MR) is 83.5 cm³/mol. The zero-order chi connectivity index (χ0) is 15.4. The van der Waals surface area contributed by atoms with Gasteiger partial charge in [0, 0.05) is 6.42 Å². The van der Waals surface area contributed by atoms with Crippen LogP contribution in [0.1, 0.15) is 61.6 Å². The third kappa shape index (κ3) is 3.78. The van der Waals surface area contributed by atoms with E-state index in [1.165, 1.54) is 18.4 Å². The van der Waals surface area contributed by atoms with E-state index in [4.69, 9.17) is 4.74 Å². The van der Waals surface area contributed by atoms with Crippen molar-refractivity contribution < 1.29 is 14.6 Å². The first-order valence-electron chi connectivity index (χ1n) is 7.98. The molecule has 3 nitrogen and oxygen atoms in total. The van der Waals surface area contributed by atoms with Crippen molar-refractivity contribution in [3.05, 3.63) is 28.8 Å². The first-order chi connectivity index (χ1) is 10.0.